The molecule has 1 aromatic heterocycles. The topological polar surface area (TPSA) is 53.4 Å². The molecule has 1 N–H and O–H groups in total. The van der Waals surface area contributed by atoms with E-state index in [0.29, 0.717) is 5.56 Å². The van der Waals surface area contributed by atoms with E-state index in [0.717, 1.165) is 37.2 Å². The molecule has 2 rings (SSSR count). The number of aromatic nitrogens is 1. The van der Waals surface area contributed by atoms with Gasteiger partial charge < -0.3 is 10.0 Å². The molecule has 0 unspecified atom stereocenters. The molecule has 0 aliphatic carbocycles. The Kier molecular flexibility index (Phi) is 5.46. The van der Waals surface area contributed by atoms with Crippen LogP contribution >= 0.6 is 0 Å². The second kappa shape index (κ2) is 7.55. The third-order valence-corrected chi connectivity index (χ3v) is 3.49. The highest BCUT2D eigenvalue weighted by Crippen LogP contribution is 2.10. The number of rotatable bonds is 7. The zero-order valence-electron chi connectivity index (χ0n) is 12.2. The number of likely N-dealkylation sites (N-methyl/N-ethyl adjacent to an activating group) is 1. The van der Waals surface area contributed by atoms with E-state index < -0.39 is 5.97 Å². The average molecular weight is 284 g/mol. The van der Waals surface area contributed by atoms with Gasteiger partial charge in [-0.05, 0) is 37.2 Å². The first kappa shape index (κ1) is 15.2. The molecule has 0 radical (unpaired) electrons. The van der Waals surface area contributed by atoms with Crippen molar-refractivity contribution in [2.75, 3.05) is 20.1 Å². The number of benzene rings is 1. The zero-order valence-corrected chi connectivity index (χ0v) is 12.2. The minimum atomic E-state index is -0.860. The van der Waals surface area contributed by atoms with Crippen molar-refractivity contribution in [1.29, 1.82) is 0 Å². The van der Waals surface area contributed by atoms with Gasteiger partial charge in [0, 0.05) is 31.4 Å². The predicted octanol–water partition coefficient (Wildman–Crippen LogP) is 2.50. The van der Waals surface area contributed by atoms with Crippen LogP contribution in [0.25, 0.3) is 0 Å². The summed E-state index contributed by atoms with van der Waals surface area (Å²) >= 11 is 0. The number of carboxylic acids is 1. The van der Waals surface area contributed by atoms with Crippen LogP contribution in [-0.4, -0.2) is 41.1 Å². The fourth-order valence-electron chi connectivity index (χ4n) is 2.22. The molecular weight excluding hydrogens is 264 g/mol. The molecule has 0 atom stereocenters. The number of carbonyl (C=O) groups is 1. The summed E-state index contributed by atoms with van der Waals surface area (Å²) in [5.74, 6) is -0.860. The number of pyridine rings is 1. The standard InChI is InChI=1S/C17H20N2O2/c1-19(13-10-15-7-4-5-11-18-15)12-9-14-6-2-3-8-16(14)17(20)21/h2-8,11H,9-10,12-13H2,1H3,(H,20,21). The van der Waals surface area contributed by atoms with Gasteiger partial charge in [-0.2, -0.15) is 0 Å². The SMILES string of the molecule is CN(CCc1ccccn1)CCc1ccccc1C(=O)O. The van der Waals surface area contributed by atoms with Gasteiger partial charge in [0.2, 0.25) is 0 Å². The van der Waals surface area contributed by atoms with E-state index >= 15 is 0 Å². The molecule has 0 saturated heterocycles. The molecule has 4 nitrogen and oxygen atoms in total. The van der Waals surface area contributed by atoms with Crippen molar-refractivity contribution in [2.45, 2.75) is 12.8 Å². The van der Waals surface area contributed by atoms with Crippen molar-refractivity contribution in [2.24, 2.45) is 0 Å². The van der Waals surface area contributed by atoms with Gasteiger partial charge in [0.25, 0.3) is 0 Å². The highest BCUT2D eigenvalue weighted by molar-refractivity contribution is 5.89. The summed E-state index contributed by atoms with van der Waals surface area (Å²) in [4.78, 5) is 17.7. The van der Waals surface area contributed by atoms with Crippen LogP contribution in [0.4, 0.5) is 0 Å². The fraction of sp³-hybridized carbons (Fsp3) is 0.294. The van der Waals surface area contributed by atoms with Gasteiger partial charge in [-0.3, -0.25) is 4.98 Å². The summed E-state index contributed by atoms with van der Waals surface area (Å²) in [6, 6.07) is 13.1. The van der Waals surface area contributed by atoms with Crippen LogP contribution in [0.15, 0.2) is 48.7 Å². The first-order chi connectivity index (χ1) is 10.2. The second-order valence-corrected chi connectivity index (χ2v) is 5.09. The maximum atomic E-state index is 11.2. The van der Waals surface area contributed by atoms with Gasteiger partial charge >= 0.3 is 5.97 Å². The third-order valence-electron chi connectivity index (χ3n) is 3.49. The van der Waals surface area contributed by atoms with E-state index in [1.807, 2.05) is 37.4 Å². The van der Waals surface area contributed by atoms with E-state index in [2.05, 4.69) is 9.88 Å². The number of nitrogens with zero attached hydrogens (tertiary/aromatic N) is 2. The summed E-state index contributed by atoms with van der Waals surface area (Å²) in [7, 11) is 2.05. The van der Waals surface area contributed by atoms with Crippen molar-refractivity contribution in [3.63, 3.8) is 0 Å². The lowest BCUT2D eigenvalue weighted by molar-refractivity contribution is 0.0695. The summed E-state index contributed by atoms with van der Waals surface area (Å²) in [6.45, 7) is 1.74. The van der Waals surface area contributed by atoms with Crippen LogP contribution in [0.3, 0.4) is 0 Å². The van der Waals surface area contributed by atoms with Crippen molar-refractivity contribution in [3.05, 3.63) is 65.5 Å². The predicted molar refractivity (Wildman–Crippen MR) is 82.5 cm³/mol. The number of hydrogen-bond acceptors (Lipinski definition) is 3. The molecule has 4 heteroatoms. The van der Waals surface area contributed by atoms with Gasteiger partial charge in [-0.15, -0.1) is 0 Å². The molecule has 2 aromatic rings. The maximum Gasteiger partial charge on any atom is 0.335 e. The minimum Gasteiger partial charge on any atom is -0.478 e. The summed E-state index contributed by atoms with van der Waals surface area (Å²) in [6.07, 6.45) is 3.44. The summed E-state index contributed by atoms with van der Waals surface area (Å²) in [5, 5.41) is 9.16. The molecule has 0 aliphatic heterocycles. The van der Waals surface area contributed by atoms with E-state index in [9.17, 15) is 4.79 Å². The van der Waals surface area contributed by atoms with Crippen LogP contribution in [0.5, 0.6) is 0 Å². The molecule has 110 valence electrons. The van der Waals surface area contributed by atoms with Crippen LogP contribution in [0.1, 0.15) is 21.6 Å². The van der Waals surface area contributed by atoms with Crippen molar-refractivity contribution >= 4 is 5.97 Å². The monoisotopic (exact) mass is 284 g/mol. The molecule has 1 heterocycles. The van der Waals surface area contributed by atoms with Gasteiger partial charge in [-0.25, -0.2) is 4.79 Å². The largest absolute Gasteiger partial charge is 0.478 e. The lowest BCUT2D eigenvalue weighted by Crippen LogP contribution is -2.24. The van der Waals surface area contributed by atoms with Gasteiger partial charge in [0.15, 0.2) is 0 Å². The quantitative estimate of drug-likeness (QED) is 0.848. The summed E-state index contributed by atoms with van der Waals surface area (Å²) in [5.41, 5.74) is 2.36. The minimum absolute atomic E-state index is 0.399. The highest BCUT2D eigenvalue weighted by atomic mass is 16.4. The molecule has 0 amide bonds. The Bertz CT molecular complexity index is 584. The van der Waals surface area contributed by atoms with E-state index in [1.54, 1.807) is 18.3 Å². The van der Waals surface area contributed by atoms with Crippen molar-refractivity contribution < 1.29 is 9.90 Å². The average Bonchev–Trinajstić information content (AvgIpc) is 2.52. The maximum absolute atomic E-state index is 11.2. The van der Waals surface area contributed by atoms with Gasteiger partial charge in [0.05, 0.1) is 5.56 Å². The van der Waals surface area contributed by atoms with Crippen molar-refractivity contribution in [3.8, 4) is 0 Å². The molecule has 0 fully saturated rings. The van der Waals surface area contributed by atoms with E-state index in [-0.39, 0.29) is 0 Å². The highest BCUT2D eigenvalue weighted by Gasteiger charge is 2.09. The lowest BCUT2D eigenvalue weighted by atomic mass is 10.0. The molecule has 1 aromatic carbocycles. The van der Waals surface area contributed by atoms with Gasteiger partial charge in [-0.1, -0.05) is 24.3 Å². The Morgan fingerprint density at radius 2 is 1.81 bits per heavy atom. The molecule has 21 heavy (non-hydrogen) atoms. The fourth-order valence-corrected chi connectivity index (χ4v) is 2.22. The lowest BCUT2D eigenvalue weighted by Gasteiger charge is -2.17. The number of aromatic carboxylic acids is 1. The smallest absolute Gasteiger partial charge is 0.335 e. The van der Waals surface area contributed by atoms with Crippen LogP contribution < -0.4 is 0 Å². The first-order valence-corrected chi connectivity index (χ1v) is 7.06. The number of hydrogen-bond donors (Lipinski definition) is 1. The third kappa shape index (κ3) is 4.68. The van der Waals surface area contributed by atoms with E-state index in [1.165, 1.54) is 0 Å². The van der Waals surface area contributed by atoms with Crippen molar-refractivity contribution in [1.82, 2.24) is 9.88 Å². The van der Waals surface area contributed by atoms with Crippen LogP contribution in [0, 0.1) is 0 Å². The second-order valence-electron chi connectivity index (χ2n) is 5.09. The van der Waals surface area contributed by atoms with Gasteiger partial charge in [0.1, 0.15) is 0 Å². The molecule has 0 spiro atoms. The Labute approximate surface area is 125 Å². The normalized spacial score (nSPS) is 10.8. The Morgan fingerprint density at radius 3 is 2.52 bits per heavy atom. The van der Waals surface area contributed by atoms with Crippen LogP contribution in [-0.2, 0) is 12.8 Å². The molecular formula is C17H20N2O2. The first-order valence-electron chi connectivity index (χ1n) is 7.06. The molecule has 0 saturated carbocycles. The molecule has 0 bridgehead atoms. The Hall–Kier alpha value is -2.20. The Morgan fingerprint density at radius 1 is 1.10 bits per heavy atom. The summed E-state index contributed by atoms with van der Waals surface area (Å²) < 4.78 is 0. The molecule has 0 aliphatic rings. The Balaban J connectivity index is 1.84. The number of carboxylic acid groups (broad SMARTS) is 1. The van der Waals surface area contributed by atoms with Crippen LogP contribution in [0.2, 0.25) is 0 Å². The zero-order chi connectivity index (χ0) is 15.1. The van der Waals surface area contributed by atoms with E-state index in [4.69, 9.17) is 5.11 Å².